The van der Waals surface area contributed by atoms with Gasteiger partial charge in [-0.25, -0.2) is 0 Å². The van der Waals surface area contributed by atoms with Crippen molar-refractivity contribution < 1.29 is 24.8 Å². The van der Waals surface area contributed by atoms with Crippen molar-refractivity contribution in [2.24, 2.45) is 4.30 Å². The maximum Gasteiger partial charge on any atom is 0.0346 e. The molecule has 469 valence electrons. The number of pyridine rings is 6. The van der Waals surface area contributed by atoms with Gasteiger partial charge in [-0.15, -0.1) is 0 Å². The number of aliphatic hydroxyl groups excluding tert-OH is 1. The smallest absolute Gasteiger partial charge is 0.0346 e. The molecule has 0 aliphatic carbocycles. The Hall–Kier alpha value is -9.30. The minimum atomic E-state index is -0.555. The third kappa shape index (κ3) is 29.8. The van der Waals surface area contributed by atoms with E-state index in [9.17, 15) is 15.2 Å². The molecule has 8 N–H and O–H groups in total. The number of fused-ring (bicyclic) bond motifs is 6. The number of benzene rings is 6. The molecule has 6 aromatic carbocycles. The van der Waals surface area contributed by atoms with Crippen molar-refractivity contribution in [2.45, 2.75) is 103 Å². The number of halogens is 1. The molecule has 19 heteroatoms. The zero-order valence-electron chi connectivity index (χ0n) is 53.8. The monoisotopic (exact) mass is 1290 g/mol. The van der Waals surface area contributed by atoms with Gasteiger partial charge in [0.05, 0.1) is 16.4 Å². The first-order valence-electron chi connectivity index (χ1n) is 29.3. The van der Waals surface area contributed by atoms with Gasteiger partial charge >= 0.3 is 24.8 Å². The van der Waals surface area contributed by atoms with Gasteiger partial charge in [-0.05, 0) is 129 Å². The molecule has 89 heavy (non-hydrogen) atoms. The Labute approximate surface area is 541 Å². The van der Waals surface area contributed by atoms with Crippen LogP contribution in [0.3, 0.4) is 0 Å². The van der Waals surface area contributed by atoms with Gasteiger partial charge in [0.15, 0.2) is 0 Å². The van der Waals surface area contributed by atoms with Crippen molar-refractivity contribution in [3.8, 4) is 0 Å². The molecule has 0 saturated carbocycles. The van der Waals surface area contributed by atoms with Gasteiger partial charge in [-0.3, -0.25) is 40.2 Å². The van der Waals surface area contributed by atoms with Crippen LogP contribution in [0.15, 0.2) is 229 Å². The van der Waals surface area contributed by atoms with Gasteiger partial charge in [0.25, 0.3) is 5.69 Å². The number of rotatable bonds is 2. The number of hydrogen-bond acceptors (Lipinski definition) is 15. The average Bonchev–Trinajstić information content (AvgIpc) is 2.37. The molecule has 6 heterocycles. The van der Waals surface area contributed by atoms with Crippen molar-refractivity contribution in [3.63, 3.8) is 0 Å². The summed E-state index contributed by atoms with van der Waals surface area (Å²) < 4.78 is 4.70. The number of carbonyl (C=O) groups excluding carboxylic acids is 1. The van der Waals surface area contributed by atoms with E-state index >= 15 is 0 Å². The van der Waals surface area contributed by atoms with E-state index in [1.54, 1.807) is 74.7 Å². The van der Waals surface area contributed by atoms with Crippen LogP contribution in [0.5, 0.6) is 0 Å². The van der Waals surface area contributed by atoms with Crippen molar-refractivity contribution in [2.75, 3.05) is 17.2 Å². The quantitative estimate of drug-likeness (QED) is 0.0138. The molecule has 0 fully saturated rings. The number of thiol groups is 1. The maximum atomic E-state index is 10.4. The molecule has 12 aromatic rings. The molecule has 0 bridgehead atoms. The van der Waals surface area contributed by atoms with E-state index in [0.29, 0.717) is 5.69 Å². The Morgan fingerprint density at radius 2 is 0.899 bits per heavy atom. The first-order valence-corrected chi connectivity index (χ1v) is 30.4. The molecule has 0 spiro atoms. The summed E-state index contributed by atoms with van der Waals surface area (Å²) in [5.74, 6) is 0. The molecular weight excluding hydrogens is 1200 g/mol. The van der Waals surface area contributed by atoms with E-state index in [1.807, 2.05) is 211 Å². The van der Waals surface area contributed by atoms with E-state index in [-0.39, 0.29) is 5.69 Å². The largest absolute Gasteiger partial charge is 0.264 e. The Morgan fingerprint density at radius 1 is 0.539 bits per heavy atom. The minimum absolute atomic E-state index is 0.110. The zero-order chi connectivity index (χ0) is 67.5. The number of aldehydes is 1. The number of nitro groups is 1. The number of nitrogen functional groups attached to an aromatic ring is 3. The number of aromatic nitrogens is 6. The first-order chi connectivity index (χ1) is 43.3. The van der Waals surface area contributed by atoms with Crippen LogP contribution in [0.25, 0.3) is 64.6 Å². The normalized spacial score (nSPS) is 9.26. The topological polar surface area (TPSA) is 259 Å². The predicted molar refractivity (Wildman–Crippen MR) is 385 cm³/mol. The number of carbonyl (C=O) groups is 1. The molecular formula is C70H89BBrN11O5S+. The number of hydrogen-bond donors (Lipinski definition) is 6. The summed E-state index contributed by atoms with van der Waals surface area (Å²) in [4.78, 5) is 38.8. The predicted octanol–water partition coefficient (Wildman–Crippen LogP) is 18.6. The van der Waals surface area contributed by atoms with Crippen molar-refractivity contribution in [1.29, 1.82) is 0 Å². The van der Waals surface area contributed by atoms with Gasteiger partial charge < -0.3 is 27.1 Å². The minimum Gasteiger partial charge on any atom is -0.264 e. The Kier molecular flexibility index (Phi) is 46.7. The average molecular weight is 1290 g/mol. The summed E-state index contributed by atoms with van der Waals surface area (Å²) in [6.07, 6.45) is 21.1. The number of nitrogens with zero attached hydrogens (tertiary/aromatic N) is 8. The molecule has 12 rings (SSSR count). The summed E-state index contributed by atoms with van der Waals surface area (Å²) in [5, 5.41) is 41.9. The summed E-state index contributed by atoms with van der Waals surface area (Å²) in [6.45, 7) is 27.2. The molecule has 6 aromatic heterocycles. The van der Waals surface area contributed by atoms with E-state index < -0.39 is 11.0 Å². The van der Waals surface area contributed by atoms with Crippen LogP contribution in [0, 0.1) is 10.1 Å². The third-order valence-electron chi connectivity index (χ3n) is 10.8. The van der Waals surface area contributed by atoms with Gasteiger partial charge in [0.1, 0.15) is 6.29 Å². The molecule has 1 radical (unpaired) electrons. The van der Waals surface area contributed by atoms with E-state index in [1.165, 1.54) is 29.8 Å². The van der Waals surface area contributed by atoms with E-state index in [4.69, 9.17) is 27.2 Å². The van der Waals surface area contributed by atoms with Crippen LogP contribution < -0.4 is 21.9 Å². The Bertz CT molecular complexity index is 3720. The molecule has 1 atom stereocenters. The van der Waals surface area contributed by atoms with Crippen LogP contribution in [0.2, 0.25) is 0 Å². The molecule has 0 saturated heterocycles. The fourth-order valence-electron chi connectivity index (χ4n) is 7.26. The van der Waals surface area contributed by atoms with Gasteiger partial charge in [0, 0.05) is 139 Å². The summed E-state index contributed by atoms with van der Waals surface area (Å²) >= 11 is 6.62. The van der Waals surface area contributed by atoms with Gasteiger partial charge in [0.2, 0.25) is 12.4 Å². The molecule has 0 amide bonds. The van der Waals surface area contributed by atoms with E-state index in [2.05, 4.69) is 77.7 Å². The van der Waals surface area contributed by atoms with Crippen molar-refractivity contribution in [3.05, 3.63) is 240 Å². The Balaban J connectivity index is 0. The molecule has 1 unspecified atom stereocenters. The number of nitrogens with two attached hydrogens (primary N) is 3. The van der Waals surface area contributed by atoms with Crippen LogP contribution >= 0.6 is 28.7 Å². The number of non-ortho nitro benzene ring substituents is 1. The van der Waals surface area contributed by atoms with Crippen LogP contribution in [-0.2, 0) is 4.79 Å². The number of anilines is 3. The number of aliphatic hydroxyl groups is 1. The second-order valence-electron chi connectivity index (χ2n) is 16.1. The SMILES string of the molecule is CC.CC.CC.CC.CC.CC.CC(O)c1c(N)ccc2cnccc12.CC=O.Nc1ccc2cnccc2c1.Nc1ccc2cnccc2c1Br.O=[N+]([O-])c1ccc2cnccc2c1.O[n+]1ccc2ccccc2c1.[B]=NS.c1ccc2cnccc2c1. The van der Waals surface area contributed by atoms with Crippen LogP contribution in [-0.4, -0.2) is 54.1 Å². The van der Waals surface area contributed by atoms with Crippen LogP contribution in [0.1, 0.15) is 109 Å². The molecule has 0 aliphatic heterocycles. The Morgan fingerprint density at radius 3 is 1.37 bits per heavy atom. The van der Waals surface area contributed by atoms with Crippen molar-refractivity contribution >= 4 is 130 Å². The first kappa shape index (κ1) is 81.8. The van der Waals surface area contributed by atoms with Crippen molar-refractivity contribution in [1.82, 2.24) is 24.9 Å². The number of nitro benzene ring substituents is 1. The van der Waals surface area contributed by atoms with Gasteiger partial charge in [-0.1, -0.05) is 144 Å². The van der Waals surface area contributed by atoms with Gasteiger partial charge in [-0.2, -0.15) is 0 Å². The summed E-state index contributed by atoms with van der Waals surface area (Å²) in [6, 6.07) is 45.5. The fraction of sp³-hybridized carbons (Fsp3) is 0.214. The standard InChI is InChI=1S/C11H12N2O.C9H7BrN2.C9H6N2O2.C9H8N2.C9H8NO.C9H7N.C2H4O.6C2H6.BHNS/c1-7(14)11-9-4-5-13-6-8(9)2-3-10(11)12;10-9-7-3-4-12-5-6(7)1-2-8(9)11;12-11(13)9-2-1-8-6-10-4-3-7(8)5-9;10-9-2-1-8-6-11-4-3-7(8)5-9;11-10-6-5-8-3-1-2-4-9(8)7-10;1-2-4-9-7-10-6-5-8(9)3-1;1-2-3;6*1-2;1-2-3/h2-7,14H,12H2,1H3;1-5H,11H2;1-6H;1-6H,10H2;1-7,11H;1-7H;2H,1H3;6*1-2H3;3H/q;;;;+1;;;;;;;;;. The molecule has 16 nitrogen and oxygen atoms in total. The van der Waals surface area contributed by atoms with Crippen LogP contribution in [0.4, 0.5) is 22.7 Å². The zero-order valence-corrected chi connectivity index (χ0v) is 56.3. The maximum absolute atomic E-state index is 10.4. The second-order valence-corrected chi connectivity index (χ2v) is 17.1. The third-order valence-corrected chi connectivity index (χ3v) is 11.7. The fourth-order valence-corrected chi connectivity index (χ4v) is 7.75. The molecule has 0 aliphatic rings. The second kappa shape index (κ2) is 50.8. The van der Waals surface area contributed by atoms with E-state index in [0.717, 1.165) is 86.3 Å². The summed E-state index contributed by atoms with van der Waals surface area (Å²) in [5.41, 5.74) is 20.2. The summed E-state index contributed by atoms with van der Waals surface area (Å²) in [7, 11) is 4.34.